The van der Waals surface area contributed by atoms with E-state index in [2.05, 4.69) is 21.6 Å². The molecule has 0 unspecified atom stereocenters. The Balaban J connectivity index is 1.37. The summed E-state index contributed by atoms with van der Waals surface area (Å²) in [5, 5.41) is 1.75. The van der Waals surface area contributed by atoms with Gasteiger partial charge in [0.05, 0.1) is 26.4 Å². The van der Waals surface area contributed by atoms with Crippen LogP contribution in [0.3, 0.4) is 0 Å². The van der Waals surface area contributed by atoms with Gasteiger partial charge in [0, 0.05) is 48.8 Å². The lowest BCUT2D eigenvalue weighted by atomic mass is 9.89. The molecule has 4 atom stereocenters. The van der Waals surface area contributed by atoms with E-state index in [1.165, 1.54) is 25.7 Å². The van der Waals surface area contributed by atoms with E-state index < -0.39 is 0 Å². The largest absolute Gasteiger partial charge is 0.379 e. The molecule has 0 radical (unpaired) electrons. The molecule has 4 saturated heterocycles. The molecule has 120 valence electrons. The highest BCUT2D eigenvalue weighted by atomic mass is 32.2. The van der Waals surface area contributed by atoms with Gasteiger partial charge < -0.3 is 9.47 Å². The maximum atomic E-state index is 5.52. The fraction of sp³-hybridized carbons (Fsp3) is 1.00. The van der Waals surface area contributed by atoms with Crippen LogP contribution in [-0.4, -0.2) is 85.0 Å². The molecule has 0 aromatic rings. The van der Waals surface area contributed by atoms with E-state index in [-0.39, 0.29) is 0 Å². The molecule has 0 saturated carbocycles. The molecule has 0 N–H and O–H groups in total. The van der Waals surface area contributed by atoms with Crippen molar-refractivity contribution in [3.8, 4) is 0 Å². The van der Waals surface area contributed by atoms with Crippen molar-refractivity contribution in [2.45, 2.75) is 48.3 Å². The van der Waals surface area contributed by atoms with E-state index >= 15 is 0 Å². The van der Waals surface area contributed by atoms with Gasteiger partial charge in [-0.05, 0) is 25.7 Å². The molecule has 4 rings (SSSR count). The van der Waals surface area contributed by atoms with E-state index in [1.807, 2.05) is 0 Å². The third-order valence-corrected chi connectivity index (χ3v) is 7.53. The standard InChI is InChI=1S/C16H28N2O2S/c1-3-15-14(18-7-11-20-12-8-18)2-4-16(21-15)13(1)17-5-9-19-10-6-17/h13-16H,1-12H2/t13-,14-,15+,16+/m0/s1. The van der Waals surface area contributed by atoms with Gasteiger partial charge in [-0.1, -0.05) is 0 Å². The SMILES string of the molecule is C1CN([C@H]2CC[C@H]3S[C@@H]2CC[C@@H]3N2CCOCC2)CCO1. The molecule has 4 fully saturated rings. The number of morpholine rings is 2. The number of nitrogens with zero attached hydrogens (tertiary/aromatic N) is 2. The Morgan fingerprint density at radius 2 is 1.05 bits per heavy atom. The molecule has 4 nitrogen and oxygen atoms in total. The number of fused-ring (bicyclic) bond motifs is 2. The number of thioether (sulfide) groups is 1. The van der Waals surface area contributed by atoms with E-state index in [0.29, 0.717) is 0 Å². The Hall–Kier alpha value is 0.190. The fourth-order valence-electron chi connectivity index (χ4n) is 4.62. The molecule has 4 aliphatic heterocycles. The monoisotopic (exact) mass is 312 g/mol. The first-order valence-electron chi connectivity index (χ1n) is 8.71. The van der Waals surface area contributed by atoms with Crippen LogP contribution in [0.15, 0.2) is 0 Å². The first kappa shape index (κ1) is 14.8. The van der Waals surface area contributed by atoms with Gasteiger partial charge in [0.15, 0.2) is 0 Å². The van der Waals surface area contributed by atoms with Gasteiger partial charge in [-0.25, -0.2) is 0 Å². The third kappa shape index (κ3) is 3.13. The zero-order valence-electron chi connectivity index (χ0n) is 12.9. The van der Waals surface area contributed by atoms with Crippen LogP contribution in [0.4, 0.5) is 0 Å². The normalized spacial score (nSPS) is 42.9. The molecule has 0 aromatic heterocycles. The number of rotatable bonds is 2. The lowest BCUT2D eigenvalue weighted by Crippen LogP contribution is -2.57. The zero-order chi connectivity index (χ0) is 14.1. The van der Waals surface area contributed by atoms with Crippen molar-refractivity contribution < 1.29 is 9.47 Å². The summed E-state index contributed by atoms with van der Waals surface area (Å²) in [4.78, 5) is 5.43. The molecule has 0 aromatic carbocycles. The van der Waals surface area contributed by atoms with Crippen LogP contribution in [0.1, 0.15) is 25.7 Å². The summed E-state index contributed by atoms with van der Waals surface area (Å²) in [7, 11) is 0. The molecule has 2 bridgehead atoms. The minimum atomic E-state index is 0.820. The Morgan fingerprint density at radius 1 is 0.619 bits per heavy atom. The van der Waals surface area contributed by atoms with Gasteiger partial charge in [-0.3, -0.25) is 9.80 Å². The lowest BCUT2D eigenvalue weighted by molar-refractivity contribution is -0.00254. The average Bonchev–Trinajstić information content (AvgIpc) is 2.57. The average molecular weight is 312 g/mol. The highest BCUT2D eigenvalue weighted by Crippen LogP contribution is 2.45. The molecule has 21 heavy (non-hydrogen) atoms. The van der Waals surface area contributed by atoms with Crippen molar-refractivity contribution in [1.29, 1.82) is 0 Å². The van der Waals surface area contributed by atoms with Crippen molar-refractivity contribution in [2.24, 2.45) is 0 Å². The minimum Gasteiger partial charge on any atom is -0.379 e. The van der Waals surface area contributed by atoms with Gasteiger partial charge in [0.25, 0.3) is 0 Å². The summed E-state index contributed by atoms with van der Waals surface area (Å²) in [5.74, 6) is 0. The van der Waals surface area contributed by atoms with E-state index in [0.717, 1.165) is 75.2 Å². The van der Waals surface area contributed by atoms with Crippen molar-refractivity contribution in [1.82, 2.24) is 9.80 Å². The minimum absolute atomic E-state index is 0.820. The number of hydrogen-bond acceptors (Lipinski definition) is 5. The van der Waals surface area contributed by atoms with Crippen molar-refractivity contribution in [2.75, 3.05) is 52.6 Å². The van der Waals surface area contributed by atoms with Gasteiger partial charge in [0.1, 0.15) is 0 Å². The van der Waals surface area contributed by atoms with Crippen molar-refractivity contribution in [3.05, 3.63) is 0 Å². The van der Waals surface area contributed by atoms with Crippen LogP contribution in [0.25, 0.3) is 0 Å². The second-order valence-corrected chi connectivity index (χ2v) is 8.28. The summed E-state index contributed by atoms with van der Waals surface area (Å²) in [5.41, 5.74) is 0. The highest BCUT2D eigenvalue weighted by molar-refractivity contribution is 8.00. The van der Waals surface area contributed by atoms with Crippen LogP contribution >= 0.6 is 11.8 Å². The lowest BCUT2D eigenvalue weighted by Gasteiger charge is -2.51. The van der Waals surface area contributed by atoms with Crippen LogP contribution in [0.5, 0.6) is 0 Å². The summed E-state index contributed by atoms with van der Waals surface area (Å²) in [6, 6.07) is 1.64. The van der Waals surface area contributed by atoms with Crippen LogP contribution in [0.2, 0.25) is 0 Å². The molecule has 0 aliphatic carbocycles. The Kier molecular flexibility index (Phi) is 4.74. The number of ether oxygens (including phenoxy) is 2. The summed E-state index contributed by atoms with van der Waals surface area (Å²) < 4.78 is 11.0. The van der Waals surface area contributed by atoms with Gasteiger partial charge in [0.2, 0.25) is 0 Å². The van der Waals surface area contributed by atoms with Gasteiger partial charge in [-0.15, -0.1) is 0 Å². The maximum Gasteiger partial charge on any atom is 0.0594 e. The Bertz CT molecular complexity index is 313. The Labute approximate surface area is 132 Å². The van der Waals surface area contributed by atoms with Crippen LogP contribution in [-0.2, 0) is 9.47 Å². The van der Waals surface area contributed by atoms with Crippen LogP contribution < -0.4 is 0 Å². The molecule has 4 heterocycles. The first-order chi connectivity index (χ1) is 10.4. The second kappa shape index (κ2) is 6.75. The zero-order valence-corrected chi connectivity index (χ0v) is 13.7. The van der Waals surface area contributed by atoms with Gasteiger partial charge in [-0.2, -0.15) is 11.8 Å². The third-order valence-electron chi connectivity index (χ3n) is 5.73. The van der Waals surface area contributed by atoms with Crippen LogP contribution in [0, 0.1) is 0 Å². The molecular weight excluding hydrogens is 284 g/mol. The smallest absolute Gasteiger partial charge is 0.0594 e. The molecule has 0 spiro atoms. The van der Waals surface area contributed by atoms with Crippen molar-refractivity contribution in [3.63, 3.8) is 0 Å². The maximum absolute atomic E-state index is 5.52. The first-order valence-corrected chi connectivity index (χ1v) is 9.65. The fourth-order valence-corrected chi connectivity index (χ4v) is 6.59. The summed E-state index contributed by atoms with van der Waals surface area (Å²) in [6.07, 6.45) is 5.63. The number of hydrogen-bond donors (Lipinski definition) is 0. The molecule has 5 heteroatoms. The van der Waals surface area contributed by atoms with Crippen molar-refractivity contribution >= 4 is 11.8 Å². The summed E-state index contributed by atoms with van der Waals surface area (Å²) >= 11 is 2.31. The molecular formula is C16H28N2O2S. The second-order valence-electron chi connectivity index (χ2n) is 6.80. The highest BCUT2D eigenvalue weighted by Gasteiger charge is 2.43. The summed E-state index contributed by atoms with van der Waals surface area (Å²) in [6.45, 7) is 8.36. The van der Waals surface area contributed by atoms with Gasteiger partial charge >= 0.3 is 0 Å². The van der Waals surface area contributed by atoms with E-state index in [1.54, 1.807) is 0 Å². The molecule has 4 aliphatic rings. The topological polar surface area (TPSA) is 24.9 Å². The predicted molar refractivity (Wildman–Crippen MR) is 86.0 cm³/mol. The predicted octanol–water partition coefficient (Wildman–Crippen LogP) is 1.45. The quantitative estimate of drug-likeness (QED) is 0.768. The van der Waals surface area contributed by atoms with E-state index in [9.17, 15) is 0 Å². The molecule has 0 amide bonds. The van der Waals surface area contributed by atoms with E-state index in [4.69, 9.17) is 9.47 Å². The Morgan fingerprint density at radius 3 is 1.48 bits per heavy atom.